The molecule has 1 heterocycles. The van der Waals surface area contributed by atoms with Crippen LogP contribution in [0.2, 0.25) is 5.02 Å². The second-order valence-electron chi connectivity index (χ2n) is 5.23. The van der Waals surface area contributed by atoms with Gasteiger partial charge in [-0.2, -0.15) is 4.68 Å². The molecule has 0 aliphatic carbocycles. The lowest BCUT2D eigenvalue weighted by Gasteiger charge is -2.09. The second kappa shape index (κ2) is 8.74. The minimum Gasteiger partial charge on any atom is -0.495 e. The normalized spacial score (nSPS) is 10.5. The van der Waals surface area contributed by atoms with Crippen LogP contribution in [0.5, 0.6) is 11.5 Å². The summed E-state index contributed by atoms with van der Waals surface area (Å²) in [5, 5.41) is 15.3. The summed E-state index contributed by atoms with van der Waals surface area (Å²) in [6, 6.07) is 12.4. The highest BCUT2D eigenvalue weighted by Crippen LogP contribution is 2.28. The van der Waals surface area contributed by atoms with E-state index in [4.69, 9.17) is 21.1 Å². The number of amides is 1. The number of nitrogens with one attached hydrogen (secondary N) is 1. The fourth-order valence-electron chi connectivity index (χ4n) is 2.30. The number of methoxy groups -OCH3 is 2. The summed E-state index contributed by atoms with van der Waals surface area (Å²) in [4.78, 5) is 12.2. The highest BCUT2D eigenvalue weighted by Gasteiger charge is 2.15. The van der Waals surface area contributed by atoms with Gasteiger partial charge in [-0.05, 0) is 40.8 Å². The molecule has 0 aliphatic rings. The number of halogens is 1. The lowest BCUT2D eigenvalue weighted by atomic mass is 10.3. The molecule has 0 saturated heterocycles. The summed E-state index contributed by atoms with van der Waals surface area (Å²) in [6.45, 7) is 0. The highest BCUT2D eigenvalue weighted by atomic mass is 35.5. The van der Waals surface area contributed by atoms with Crippen LogP contribution in [0.3, 0.4) is 0 Å². The monoisotopic (exact) mass is 405 g/mol. The van der Waals surface area contributed by atoms with Gasteiger partial charge in [0.05, 0.1) is 25.0 Å². The van der Waals surface area contributed by atoms with E-state index in [1.54, 1.807) is 25.3 Å². The van der Waals surface area contributed by atoms with Crippen molar-refractivity contribution in [1.29, 1.82) is 0 Å². The number of carbonyl (C=O) groups excluding carboxylic acids is 1. The van der Waals surface area contributed by atoms with Crippen LogP contribution in [0.25, 0.3) is 5.69 Å². The maximum atomic E-state index is 12.2. The summed E-state index contributed by atoms with van der Waals surface area (Å²) in [6.07, 6.45) is 0. The Balaban J connectivity index is 1.67. The van der Waals surface area contributed by atoms with E-state index in [1.807, 2.05) is 24.3 Å². The number of rotatable bonds is 7. The van der Waals surface area contributed by atoms with Crippen LogP contribution in [0.1, 0.15) is 0 Å². The Morgan fingerprint density at radius 1 is 1.19 bits per heavy atom. The molecule has 1 N–H and O–H groups in total. The van der Waals surface area contributed by atoms with E-state index in [9.17, 15) is 4.79 Å². The summed E-state index contributed by atoms with van der Waals surface area (Å²) in [5.74, 6) is 1.08. The van der Waals surface area contributed by atoms with Gasteiger partial charge in [0.2, 0.25) is 11.1 Å². The molecule has 2 aromatic carbocycles. The van der Waals surface area contributed by atoms with Gasteiger partial charge < -0.3 is 14.8 Å². The molecule has 3 rings (SSSR count). The third-order valence-electron chi connectivity index (χ3n) is 3.52. The minimum atomic E-state index is -0.212. The Bertz CT molecular complexity index is 950. The number of hydrogen-bond donors (Lipinski definition) is 1. The van der Waals surface area contributed by atoms with Gasteiger partial charge in [0.15, 0.2) is 0 Å². The molecule has 3 aromatic rings. The first kappa shape index (κ1) is 19.0. The van der Waals surface area contributed by atoms with E-state index in [0.717, 1.165) is 0 Å². The number of hydrogen-bond acceptors (Lipinski definition) is 7. The molecule has 0 radical (unpaired) electrons. The van der Waals surface area contributed by atoms with Crippen molar-refractivity contribution in [2.24, 2.45) is 0 Å². The maximum Gasteiger partial charge on any atom is 0.234 e. The molecule has 8 nitrogen and oxygen atoms in total. The number of benzene rings is 2. The molecule has 10 heteroatoms. The molecule has 0 unspecified atom stereocenters. The van der Waals surface area contributed by atoms with E-state index in [-0.39, 0.29) is 11.7 Å². The molecule has 27 heavy (non-hydrogen) atoms. The van der Waals surface area contributed by atoms with Gasteiger partial charge in [-0.25, -0.2) is 0 Å². The number of anilines is 1. The topological polar surface area (TPSA) is 91.2 Å². The van der Waals surface area contributed by atoms with Gasteiger partial charge in [-0.3, -0.25) is 4.79 Å². The van der Waals surface area contributed by atoms with Crippen molar-refractivity contribution in [3.8, 4) is 17.2 Å². The van der Waals surface area contributed by atoms with Crippen LogP contribution in [0, 0.1) is 0 Å². The van der Waals surface area contributed by atoms with Gasteiger partial charge in [0.1, 0.15) is 17.2 Å². The molecular formula is C17H16ClN5O3S. The highest BCUT2D eigenvalue weighted by molar-refractivity contribution is 7.99. The Hall–Kier alpha value is -2.78. The Kier molecular flexibility index (Phi) is 6.15. The third-order valence-corrected chi connectivity index (χ3v) is 4.74. The molecule has 0 aliphatic heterocycles. The quantitative estimate of drug-likeness (QED) is 0.604. The lowest BCUT2D eigenvalue weighted by Crippen LogP contribution is -2.14. The van der Waals surface area contributed by atoms with Crippen LogP contribution in [0.15, 0.2) is 47.6 Å². The number of para-hydroxylation sites is 2. The van der Waals surface area contributed by atoms with Gasteiger partial charge in [-0.1, -0.05) is 35.5 Å². The average molecular weight is 406 g/mol. The Labute approximate surface area is 164 Å². The van der Waals surface area contributed by atoms with Gasteiger partial charge >= 0.3 is 0 Å². The largest absolute Gasteiger partial charge is 0.495 e. The fraction of sp³-hybridized carbons (Fsp3) is 0.176. The zero-order valence-electron chi connectivity index (χ0n) is 14.5. The van der Waals surface area contributed by atoms with Crippen molar-refractivity contribution in [3.63, 3.8) is 0 Å². The van der Waals surface area contributed by atoms with Crippen molar-refractivity contribution in [2.45, 2.75) is 5.16 Å². The van der Waals surface area contributed by atoms with Crippen LogP contribution < -0.4 is 14.8 Å². The smallest absolute Gasteiger partial charge is 0.234 e. The third kappa shape index (κ3) is 4.50. The van der Waals surface area contributed by atoms with Gasteiger partial charge in [0.25, 0.3) is 0 Å². The molecular weight excluding hydrogens is 390 g/mol. The van der Waals surface area contributed by atoms with E-state index in [0.29, 0.717) is 33.1 Å². The second-order valence-corrected chi connectivity index (χ2v) is 6.58. The number of ether oxygens (including phenoxy) is 2. The molecule has 0 fully saturated rings. The number of carbonyl (C=O) groups is 1. The van der Waals surface area contributed by atoms with Crippen molar-refractivity contribution in [3.05, 3.63) is 47.5 Å². The molecule has 1 aromatic heterocycles. The molecule has 140 valence electrons. The predicted molar refractivity (Wildman–Crippen MR) is 103 cm³/mol. The van der Waals surface area contributed by atoms with Crippen molar-refractivity contribution >= 4 is 35.0 Å². The molecule has 1 amide bonds. The van der Waals surface area contributed by atoms with E-state index in [2.05, 4.69) is 20.8 Å². The molecule has 0 atom stereocenters. The van der Waals surface area contributed by atoms with Gasteiger partial charge in [0, 0.05) is 5.69 Å². The average Bonchev–Trinajstić information content (AvgIpc) is 3.15. The summed E-state index contributed by atoms with van der Waals surface area (Å²) < 4.78 is 12.0. The number of aromatic nitrogens is 4. The first-order valence-corrected chi connectivity index (χ1v) is 9.16. The minimum absolute atomic E-state index is 0.124. The van der Waals surface area contributed by atoms with Crippen molar-refractivity contribution in [1.82, 2.24) is 20.2 Å². The zero-order chi connectivity index (χ0) is 19.2. The lowest BCUT2D eigenvalue weighted by molar-refractivity contribution is -0.113. The van der Waals surface area contributed by atoms with E-state index >= 15 is 0 Å². The van der Waals surface area contributed by atoms with Crippen LogP contribution in [-0.2, 0) is 4.79 Å². The van der Waals surface area contributed by atoms with Crippen LogP contribution in [-0.4, -0.2) is 46.1 Å². The SMILES string of the molecule is COc1ccc(NC(=O)CSc2nnnn2-c2ccccc2OC)cc1Cl. The molecule has 0 spiro atoms. The first-order valence-electron chi connectivity index (χ1n) is 7.80. The maximum absolute atomic E-state index is 12.2. The first-order chi connectivity index (χ1) is 13.1. The van der Waals surface area contributed by atoms with E-state index in [1.165, 1.54) is 23.6 Å². The van der Waals surface area contributed by atoms with Gasteiger partial charge in [-0.15, -0.1) is 5.10 Å². The molecule has 0 saturated carbocycles. The fourth-order valence-corrected chi connectivity index (χ4v) is 3.24. The summed E-state index contributed by atoms with van der Waals surface area (Å²) >= 11 is 7.27. The number of nitrogens with zero attached hydrogens (tertiary/aromatic N) is 4. The summed E-state index contributed by atoms with van der Waals surface area (Å²) in [7, 11) is 3.10. The standard InChI is InChI=1S/C17H16ClN5O3S/c1-25-14-8-7-11(9-12(14)18)19-16(24)10-27-17-20-21-22-23(17)13-5-3-4-6-15(13)26-2/h3-9H,10H2,1-2H3,(H,19,24). The Morgan fingerprint density at radius 2 is 1.96 bits per heavy atom. The van der Waals surface area contributed by atoms with Crippen molar-refractivity contribution < 1.29 is 14.3 Å². The predicted octanol–water partition coefficient (Wildman–Crippen LogP) is 3.06. The zero-order valence-corrected chi connectivity index (χ0v) is 16.1. The van der Waals surface area contributed by atoms with Crippen molar-refractivity contribution in [2.75, 3.05) is 25.3 Å². The van der Waals surface area contributed by atoms with Crippen LogP contribution in [0.4, 0.5) is 5.69 Å². The Morgan fingerprint density at radius 3 is 2.70 bits per heavy atom. The molecule has 0 bridgehead atoms. The number of thioether (sulfide) groups is 1. The van der Waals surface area contributed by atoms with E-state index < -0.39 is 0 Å². The summed E-state index contributed by atoms with van der Waals surface area (Å²) in [5.41, 5.74) is 1.27. The van der Waals surface area contributed by atoms with Crippen LogP contribution >= 0.6 is 23.4 Å². The number of tetrazole rings is 1.